The molecule has 1 fully saturated rings. The van der Waals surface area contributed by atoms with Gasteiger partial charge < -0.3 is 10.0 Å². The predicted molar refractivity (Wildman–Crippen MR) is 79.3 cm³/mol. The fraction of sp³-hybridized carbons (Fsp3) is 0.375. The zero-order valence-electron chi connectivity index (χ0n) is 11.5. The number of para-hydroxylation sites is 1. The quantitative estimate of drug-likeness (QED) is 0.906. The minimum atomic E-state index is -0.910. The first-order valence-corrected chi connectivity index (χ1v) is 7.06. The van der Waals surface area contributed by atoms with E-state index in [4.69, 9.17) is 0 Å². The molecule has 0 aliphatic heterocycles. The number of rotatable bonds is 5. The van der Waals surface area contributed by atoms with Crippen LogP contribution in [0.3, 0.4) is 0 Å². The maximum absolute atomic E-state index is 11.5. The van der Waals surface area contributed by atoms with Crippen molar-refractivity contribution in [2.24, 2.45) is 5.92 Å². The molecule has 4 nitrogen and oxygen atoms in total. The Kier molecular flexibility index (Phi) is 3.30. The molecule has 3 rings (SSSR count). The number of hydrogen-bond acceptors (Lipinski definition) is 3. The Balaban J connectivity index is 2.17. The normalized spacial score (nSPS) is 14.4. The van der Waals surface area contributed by atoms with Gasteiger partial charge in [-0.2, -0.15) is 0 Å². The highest BCUT2D eigenvalue weighted by Crippen LogP contribution is 2.35. The number of nitrogens with zero attached hydrogens (tertiary/aromatic N) is 2. The third-order valence-corrected chi connectivity index (χ3v) is 3.85. The Bertz CT molecular complexity index is 650. The molecule has 2 aromatic rings. The highest BCUT2D eigenvalue weighted by Gasteiger charge is 2.27. The van der Waals surface area contributed by atoms with Crippen molar-refractivity contribution in [1.82, 2.24) is 4.98 Å². The van der Waals surface area contributed by atoms with Gasteiger partial charge in [0.1, 0.15) is 5.56 Å². The Morgan fingerprint density at radius 3 is 2.80 bits per heavy atom. The first-order chi connectivity index (χ1) is 9.70. The number of fused-ring (bicyclic) bond motifs is 1. The summed E-state index contributed by atoms with van der Waals surface area (Å²) in [6.07, 6.45) is 3.99. The third-order valence-electron chi connectivity index (χ3n) is 3.85. The number of benzene rings is 1. The van der Waals surface area contributed by atoms with Crippen molar-refractivity contribution in [2.75, 3.05) is 18.0 Å². The first-order valence-electron chi connectivity index (χ1n) is 7.06. The summed E-state index contributed by atoms with van der Waals surface area (Å²) in [5.41, 5.74) is 1.96. The van der Waals surface area contributed by atoms with Crippen molar-refractivity contribution in [1.29, 1.82) is 0 Å². The van der Waals surface area contributed by atoms with Crippen LogP contribution >= 0.6 is 0 Å². The molecule has 4 heteroatoms. The van der Waals surface area contributed by atoms with E-state index < -0.39 is 5.97 Å². The molecule has 0 amide bonds. The number of aromatic carboxylic acids is 1. The molecule has 20 heavy (non-hydrogen) atoms. The number of hydrogen-bond donors (Lipinski definition) is 1. The van der Waals surface area contributed by atoms with Crippen LogP contribution in [0.4, 0.5) is 5.69 Å². The minimum Gasteiger partial charge on any atom is -0.478 e. The molecule has 0 radical (unpaired) electrons. The van der Waals surface area contributed by atoms with E-state index in [1.165, 1.54) is 19.0 Å². The van der Waals surface area contributed by atoms with Crippen LogP contribution in [0.25, 0.3) is 10.9 Å². The van der Waals surface area contributed by atoms with Crippen molar-refractivity contribution in [3.8, 4) is 0 Å². The van der Waals surface area contributed by atoms with E-state index in [2.05, 4.69) is 16.8 Å². The van der Waals surface area contributed by atoms with Crippen molar-refractivity contribution in [3.63, 3.8) is 0 Å². The molecule has 104 valence electrons. The van der Waals surface area contributed by atoms with Crippen LogP contribution in [0.15, 0.2) is 30.5 Å². The topological polar surface area (TPSA) is 53.4 Å². The largest absolute Gasteiger partial charge is 0.478 e. The molecule has 0 bridgehead atoms. The van der Waals surface area contributed by atoms with Crippen LogP contribution in [0.1, 0.15) is 30.1 Å². The highest BCUT2D eigenvalue weighted by molar-refractivity contribution is 6.04. The van der Waals surface area contributed by atoms with Crippen molar-refractivity contribution in [3.05, 3.63) is 36.0 Å². The maximum atomic E-state index is 11.5. The SMILES string of the molecule is CCN(CC1CC1)c1c(C(=O)O)cnc2ccccc12. The van der Waals surface area contributed by atoms with Gasteiger partial charge in [-0.15, -0.1) is 0 Å². The smallest absolute Gasteiger partial charge is 0.339 e. The summed E-state index contributed by atoms with van der Waals surface area (Å²) in [5.74, 6) is -0.198. The average Bonchev–Trinajstić information content (AvgIpc) is 3.27. The van der Waals surface area contributed by atoms with E-state index in [0.29, 0.717) is 11.5 Å². The molecule has 0 atom stereocenters. The molecule has 1 aromatic carbocycles. The molecule has 0 saturated heterocycles. The minimum absolute atomic E-state index is 0.297. The Hall–Kier alpha value is -2.10. The lowest BCUT2D eigenvalue weighted by Gasteiger charge is -2.26. The second-order valence-electron chi connectivity index (χ2n) is 5.32. The van der Waals surface area contributed by atoms with Crippen LogP contribution in [-0.4, -0.2) is 29.1 Å². The molecule has 1 heterocycles. The van der Waals surface area contributed by atoms with E-state index in [0.717, 1.165) is 29.7 Å². The maximum Gasteiger partial charge on any atom is 0.339 e. The molecule has 0 spiro atoms. The number of anilines is 1. The predicted octanol–water partition coefficient (Wildman–Crippen LogP) is 3.17. The molecule has 0 unspecified atom stereocenters. The lowest BCUT2D eigenvalue weighted by Crippen LogP contribution is -2.27. The molecule has 1 aliphatic rings. The Morgan fingerprint density at radius 1 is 1.40 bits per heavy atom. The van der Waals surface area contributed by atoms with Gasteiger partial charge in [-0.3, -0.25) is 4.98 Å². The van der Waals surface area contributed by atoms with Gasteiger partial charge in [0.05, 0.1) is 11.2 Å². The van der Waals surface area contributed by atoms with Crippen molar-refractivity contribution in [2.45, 2.75) is 19.8 Å². The second kappa shape index (κ2) is 5.12. The molecule has 1 N–H and O–H groups in total. The zero-order chi connectivity index (χ0) is 14.1. The number of carboxylic acids is 1. The van der Waals surface area contributed by atoms with Crippen LogP contribution in [-0.2, 0) is 0 Å². The van der Waals surface area contributed by atoms with E-state index in [-0.39, 0.29) is 0 Å². The van der Waals surface area contributed by atoms with E-state index in [1.807, 2.05) is 24.3 Å². The summed E-state index contributed by atoms with van der Waals surface area (Å²) in [4.78, 5) is 18.0. The second-order valence-corrected chi connectivity index (χ2v) is 5.32. The first kappa shape index (κ1) is 12.9. The Morgan fingerprint density at radius 2 is 2.15 bits per heavy atom. The van der Waals surface area contributed by atoms with Crippen LogP contribution < -0.4 is 4.90 Å². The average molecular weight is 270 g/mol. The van der Waals surface area contributed by atoms with Crippen molar-refractivity contribution < 1.29 is 9.90 Å². The number of carbonyl (C=O) groups is 1. The summed E-state index contributed by atoms with van der Waals surface area (Å²) in [6.45, 7) is 3.82. The van der Waals surface area contributed by atoms with E-state index in [9.17, 15) is 9.90 Å². The fourth-order valence-electron chi connectivity index (χ4n) is 2.61. The van der Waals surface area contributed by atoms with Gasteiger partial charge in [0.15, 0.2) is 0 Å². The fourth-order valence-corrected chi connectivity index (χ4v) is 2.61. The summed E-state index contributed by atoms with van der Waals surface area (Å²) < 4.78 is 0. The number of pyridine rings is 1. The monoisotopic (exact) mass is 270 g/mol. The highest BCUT2D eigenvalue weighted by atomic mass is 16.4. The molecule has 1 saturated carbocycles. The number of aromatic nitrogens is 1. The van der Waals surface area contributed by atoms with Crippen LogP contribution in [0.2, 0.25) is 0 Å². The third kappa shape index (κ3) is 2.33. The zero-order valence-corrected chi connectivity index (χ0v) is 11.5. The van der Waals surface area contributed by atoms with Gasteiger partial charge >= 0.3 is 5.97 Å². The Labute approximate surface area is 118 Å². The van der Waals surface area contributed by atoms with Gasteiger partial charge in [-0.1, -0.05) is 18.2 Å². The van der Waals surface area contributed by atoms with Crippen LogP contribution in [0.5, 0.6) is 0 Å². The van der Waals surface area contributed by atoms with Gasteiger partial charge in [0, 0.05) is 24.7 Å². The summed E-state index contributed by atoms with van der Waals surface area (Å²) >= 11 is 0. The molecular weight excluding hydrogens is 252 g/mol. The number of carboxylic acid groups (broad SMARTS) is 1. The standard InChI is InChI=1S/C16H18N2O2/c1-2-18(10-11-7-8-11)15-12-5-3-4-6-14(12)17-9-13(15)16(19)20/h3-6,9,11H,2,7-8,10H2,1H3,(H,19,20). The van der Waals surface area contributed by atoms with Gasteiger partial charge in [-0.25, -0.2) is 4.79 Å². The molecular formula is C16H18N2O2. The lowest BCUT2D eigenvalue weighted by molar-refractivity contribution is 0.0697. The summed E-state index contributed by atoms with van der Waals surface area (Å²) in [7, 11) is 0. The van der Waals surface area contributed by atoms with Gasteiger partial charge in [0.25, 0.3) is 0 Å². The van der Waals surface area contributed by atoms with E-state index in [1.54, 1.807) is 0 Å². The summed E-state index contributed by atoms with van der Waals surface area (Å²) in [5, 5.41) is 10.4. The molecule has 1 aliphatic carbocycles. The van der Waals surface area contributed by atoms with Crippen molar-refractivity contribution >= 4 is 22.6 Å². The van der Waals surface area contributed by atoms with Gasteiger partial charge in [0.2, 0.25) is 0 Å². The van der Waals surface area contributed by atoms with Crippen LogP contribution in [0, 0.1) is 5.92 Å². The lowest BCUT2D eigenvalue weighted by atomic mass is 10.1. The van der Waals surface area contributed by atoms with E-state index >= 15 is 0 Å². The molecule has 1 aromatic heterocycles. The van der Waals surface area contributed by atoms with Gasteiger partial charge in [-0.05, 0) is 31.7 Å². The summed E-state index contributed by atoms with van der Waals surface area (Å²) in [6, 6.07) is 7.75.